The third kappa shape index (κ3) is 4.78. The zero-order valence-corrected chi connectivity index (χ0v) is 15.3. The lowest BCUT2D eigenvalue weighted by Crippen LogP contribution is -3.11. The lowest BCUT2D eigenvalue weighted by molar-refractivity contribution is -0.919. The van der Waals surface area contributed by atoms with Crippen molar-refractivity contribution in [3.8, 4) is 0 Å². The topological polar surface area (TPSA) is 24.8 Å². The molecule has 2 aliphatic rings. The molecule has 0 radical (unpaired) electrons. The maximum absolute atomic E-state index is 12.7. The summed E-state index contributed by atoms with van der Waals surface area (Å²) < 4.78 is 37.9. The number of carbonyl (C=O) groups is 1. The Labute approximate surface area is 153 Å². The number of rotatable bonds is 3. The Morgan fingerprint density at radius 1 is 1.15 bits per heavy atom. The van der Waals surface area contributed by atoms with Crippen LogP contribution in [-0.2, 0) is 17.5 Å². The molecule has 2 saturated heterocycles. The smallest absolute Gasteiger partial charge is 0.342 e. The minimum Gasteiger partial charge on any atom is -0.342 e. The van der Waals surface area contributed by atoms with Crippen molar-refractivity contribution in [3.63, 3.8) is 0 Å². The zero-order chi connectivity index (χ0) is 18.7. The molecule has 26 heavy (non-hydrogen) atoms. The van der Waals surface area contributed by atoms with Crippen LogP contribution in [0.5, 0.6) is 0 Å². The molecule has 2 fully saturated rings. The van der Waals surface area contributed by atoms with E-state index in [1.165, 1.54) is 11.3 Å². The summed E-state index contributed by atoms with van der Waals surface area (Å²) in [6.07, 6.45) is -0.222. The second-order valence-electron chi connectivity index (χ2n) is 7.93. The van der Waals surface area contributed by atoms with E-state index in [1.54, 1.807) is 12.1 Å². The molecule has 0 aromatic heterocycles. The van der Waals surface area contributed by atoms with E-state index in [0.29, 0.717) is 11.8 Å². The molecule has 0 aliphatic carbocycles. The third-order valence-corrected chi connectivity index (χ3v) is 5.75. The van der Waals surface area contributed by atoms with Crippen molar-refractivity contribution >= 4 is 5.91 Å². The predicted octanol–water partition coefficient (Wildman–Crippen LogP) is 2.76. The summed E-state index contributed by atoms with van der Waals surface area (Å²) in [6.45, 7) is 6.51. The van der Waals surface area contributed by atoms with Crippen LogP contribution in [0.3, 0.4) is 0 Å². The quantitative estimate of drug-likeness (QED) is 0.871. The lowest BCUT2D eigenvalue weighted by Gasteiger charge is -2.36. The van der Waals surface area contributed by atoms with Crippen LogP contribution in [0.4, 0.5) is 13.2 Å². The molecule has 1 amide bonds. The van der Waals surface area contributed by atoms with Crippen molar-refractivity contribution < 1.29 is 22.9 Å². The first-order valence-corrected chi connectivity index (χ1v) is 9.61. The second-order valence-corrected chi connectivity index (χ2v) is 7.93. The summed E-state index contributed by atoms with van der Waals surface area (Å²) in [7, 11) is 0. The third-order valence-electron chi connectivity index (χ3n) is 5.75. The average Bonchev–Trinajstić information content (AvgIpc) is 2.61. The molecular formula is C20H28F3N2O+. The molecule has 0 bridgehead atoms. The Bertz CT molecular complexity index is 606. The largest absolute Gasteiger partial charge is 0.416 e. The molecule has 1 aromatic carbocycles. The molecule has 2 heterocycles. The van der Waals surface area contributed by atoms with E-state index in [1.807, 2.05) is 4.90 Å². The highest BCUT2D eigenvalue weighted by Crippen LogP contribution is 2.29. The highest BCUT2D eigenvalue weighted by Gasteiger charge is 2.33. The summed E-state index contributed by atoms with van der Waals surface area (Å²) in [6, 6.07) is 5.45. The van der Waals surface area contributed by atoms with E-state index >= 15 is 0 Å². The number of quaternary nitrogens is 1. The number of carbonyl (C=O) groups excluding carboxylic acids is 1. The van der Waals surface area contributed by atoms with Gasteiger partial charge in [0.05, 0.1) is 18.7 Å². The van der Waals surface area contributed by atoms with Crippen molar-refractivity contribution in [2.45, 2.75) is 45.3 Å². The minimum absolute atomic E-state index is 0.122. The van der Waals surface area contributed by atoms with Crippen LogP contribution in [0.15, 0.2) is 24.3 Å². The maximum atomic E-state index is 12.7. The van der Waals surface area contributed by atoms with Crippen LogP contribution in [0.1, 0.15) is 43.7 Å². The van der Waals surface area contributed by atoms with Gasteiger partial charge in [-0.15, -0.1) is 0 Å². The van der Waals surface area contributed by atoms with E-state index in [4.69, 9.17) is 0 Å². The monoisotopic (exact) mass is 369 g/mol. The van der Waals surface area contributed by atoms with Gasteiger partial charge >= 0.3 is 6.18 Å². The number of piperidine rings is 2. The van der Waals surface area contributed by atoms with Crippen molar-refractivity contribution in [3.05, 3.63) is 35.4 Å². The molecular weight excluding hydrogens is 341 g/mol. The number of likely N-dealkylation sites (tertiary alicyclic amines) is 2. The van der Waals surface area contributed by atoms with Gasteiger partial charge < -0.3 is 9.80 Å². The number of nitrogens with one attached hydrogen (secondary N) is 1. The fraction of sp³-hybridized carbons (Fsp3) is 0.650. The van der Waals surface area contributed by atoms with Crippen molar-refractivity contribution in [2.24, 2.45) is 11.8 Å². The van der Waals surface area contributed by atoms with Crippen LogP contribution in [0.25, 0.3) is 0 Å². The standard InChI is InChI=1S/C20H27F3N2O/c1-15-3-2-10-25(13-15)19(26)17-8-11-24(12-9-17)14-16-4-6-18(7-5-16)20(21,22)23/h4-7,15,17H,2-3,8-14H2,1H3/p+1/t15-/m1/s1. The minimum atomic E-state index is -4.28. The van der Waals surface area contributed by atoms with Crippen molar-refractivity contribution in [2.75, 3.05) is 26.2 Å². The van der Waals surface area contributed by atoms with Gasteiger partial charge in [0.1, 0.15) is 6.54 Å². The van der Waals surface area contributed by atoms with Gasteiger partial charge in [-0.1, -0.05) is 19.1 Å². The average molecular weight is 369 g/mol. The van der Waals surface area contributed by atoms with Gasteiger partial charge in [0, 0.05) is 37.4 Å². The summed E-state index contributed by atoms with van der Waals surface area (Å²) >= 11 is 0. The first-order chi connectivity index (χ1) is 12.3. The zero-order valence-electron chi connectivity index (χ0n) is 15.3. The predicted molar refractivity (Wildman–Crippen MR) is 93.5 cm³/mol. The highest BCUT2D eigenvalue weighted by atomic mass is 19.4. The normalized spacial score (nSPS) is 27.4. The number of amides is 1. The molecule has 0 spiro atoms. The molecule has 2 aliphatic heterocycles. The number of halogens is 3. The highest BCUT2D eigenvalue weighted by molar-refractivity contribution is 5.79. The van der Waals surface area contributed by atoms with E-state index < -0.39 is 11.7 Å². The molecule has 1 N–H and O–H groups in total. The van der Waals surface area contributed by atoms with E-state index in [2.05, 4.69) is 6.92 Å². The molecule has 3 rings (SSSR count). The summed E-state index contributed by atoms with van der Waals surface area (Å²) in [5.74, 6) is 1.03. The number of benzene rings is 1. The van der Waals surface area contributed by atoms with Gasteiger partial charge in [-0.2, -0.15) is 13.2 Å². The fourth-order valence-electron chi connectivity index (χ4n) is 4.20. The van der Waals surface area contributed by atoms with Crippen LogP contribution < -0.4 is 4.90 Å². The summed E-state index contributed by atoms with van der Waals surface area (Å²) in [4.78, 5) is 16.1. The van der Waals surface area contributed by atoms with Crippen LogP contribution in [0.2, 0.25) is 0 Å². The molecule has 6 heteroatoms. The van der Waals surface area contributed by atoms with Crippen LogP contribution >= 0.6 is 0 Å². The van der Waals surface area contributed by atoms with Crippen molar-refractivity contribution in [1.29, 1.82) is 0 Å². The van der Waals surface area contributed by atoms with Gasteiger partial charge in [-0.25, -0.2) is 0 Å². The second kappa shape index (κ2) is 7.99. The number of hydrogen-bond acceptors (Lipinski definition) is 1. The van der Waals surface area contributed by atoms with E-state index in [9.17, 15) is 18.0 Å². The number of alkyl halides is 3. The van der Waals surface area contributed by atoms with Crippen molar-refractivity contribution in [1.82, 2.24) is 4.90 Å². The Morgan fingerprint density at radius 3 is 2.38 bits per heavy atom. The summed E-state index contributed by atoms with van der Waals surface area (Å²) in [5, 5.41) is 0. The summed E-state index contributed by atoms with van der Waals surface area (Å²) in [5.41, 5.74) is 0.318. The van der Waals surface area contributed by atoms with Gasteiger partial charge in [-0.05, 0) is 30.9 Å². The SMILES string of the molecule is C[C@@H]1CCCN(C(=O)C2CC[NH+](Cc3ccc(C(F)(F)F)cc3)CC2)C1. The van der Waals surface area contributed by atoms with Gasteiger partial charge in [0.2, 0.25) is 5.91 Å². The van der Waals surface area contributed by atoms with Gasteiger partial charge in [0.15, 0.2) is 0 Å². The number of hydrogen-bond donors (Lipinski definition) is 1. The van der Waals surface area contributed by atoms with Crippen LogP contribution in [0, 0.1) is 11.8 Å². The molecule has 0 unspecified atom stereocenters. The van der Waals surface area contributed by atoms with Gasteiger partial charge in [-0.3, -0.25) is 4.79 Å². The Morgan fingerprint density at radius 2 is 1.81 bits per heavy atom. The molecule has 1 atom stereocenters. The first-order valence-electron chi connectivity index (χ1n) is 9.61. The number of nitrogens with zero attached hydrogens (tertiary/aromatic N) is 1. The molecule has 3 nitrogen and oxygen atoms in total. The van der Waals surface area contributed by atoms with E-state index in [0.717, 1.165) is 69.7 Å². The molecule has 1 aromatic rings. The maximum Gasteiger partial charge on any atom is 0.416 e. The molecule has 144 valence electrons. The Kier molecular flexibility index (Phi) is 5.90. The lowest BCUT2D eigenvalue weighted by atomic mass is 9.92. The van der Waals surface area contributed by atoms with Gasteiger partial charge in [0.25, 0.3) is 0 Å². The fourth-order valence-corrected chi connectivity index (χ4v) is 4.20. The van der Waals surface area contributed by atoms with E-state index in [-0.39, 0.29) is 5.92 Å². The Balaban J connectivity index is 1.48. The Hall–Kier alpha value is -1.56. The molecule has 0 saturated carbocycles. The first kappa shape index (κ1) is 19.2. The van der Waals surface area contributed by atoms with Crippen LogP contribution in [-0.4, -0.2) is 37.0 Å².